The molecule has 4 nitrogen and oxygen atoms in total. The van der Waals surface area contributed by atoms with Crippen molar-refractivity contribution >= 4 is 5.78 Å². The Labute approximate surface area is 113 Å². The number of nitrogens with one attached hydrogen (secondary N) is 1. The normalized spacial score (nSPS) is 14.8. The van der Waals surface area contributed by atoms with E-state index in [0.717, 1.165) is 12.1 Å². The molecule has 0 aliphatic carbocycles. The summed E-state index contributed by atoms with van der Waals surface area (Å²) in [6.07, 6.45) is -4.09. The Kier molecular flexibility index (Phi) is 4.17. The van der Waals surface area contributed by atoms with Crippen LogP contribution in [0.3, 0.4) is 0 Å². The summed E-state index contributed by atoms with van der Waals surface area (Å²) in [6, 6.07) is 1.99. The number of rotatable bonds is 3. The third kappa shape index (κ3) is 2.87. The lowest BCUT2D eigenvalue weighted by atomic mass is 10.0. The van der Waals surface area contributed by atoms with Crippen molar-refractivity contribution in [3.63, 3.8) is 0 Å². The molecule has 0 unspecified atom stereocenters. The molecule has 0 atom stereocenters. The van der Waals surface area contributed by atoms with Gasteiger partial charge in [-0.05, 0) is 19.2 Å². The molecule has 1 aromatic carbocycles. The van der Waals surface area contributed by atoms with Crippen molar-refractivity contribution < 1.29 is 27.4 Å². The van der Waals surface area contributed by atoms with Gasteiger partial charge in [-0.3, -0.25) is 4.79 Å². The first kappa shape index (κ1) is 14.6. The average Bonchev–Trinajstić information content (AvgIpc) is 2.61. The van der Waals surface area contributed by atoms with Crippen molar-refractivity contribution in [3.05, 3.63) is 23.3 Å². The van der Waals surface area contributed by atoms with Crippen LogP contribution in [0.15, 0.2) is 12.1 Å². The molecule has 0 saturated heterocycles. The number of alkyl halides is 3. The lowest BCUT2D eigenvalue weighted by molar-refractivity contribution is -0.139. The van der Waals surface area contributed by atoms with E-state index >= 15 is 0 Å². The van der Waals surface area contributed by atoms with Gasteiger partial charge in [0.05, 0.1) is 25.3 Å². The Morgan fingerprint density at radius 2 is 1.90 bits per heavy atom. The van der Waals surface area contributed by atoms with Crippen LogP contribution in [0, 0.1) is 0 Å². The number of hydrogen-bond donors (Lipinski definition) is 1. The van der Waals surface area contributed by atoms with Crippen LogP contribution in [-0.2, 0) is 6.18 Å². The first-order valence-electron chi connectivity index (χ1n) is 6.12. The van der Waals surface area contributed by atoms with Crippen molar-refractivity contribution in [3.8, 4) is 11.5 Å². The van der Waals surface area contributed by atoms with E-state index in [1.807, 2.05) is 0 Å². The van der Waals surface area contributed by atoms with E-state index < -0.39 is 17.5 Å². The van der Waals surface area contributed by atoms with Crippen molar-refractivity contribution in [2.45, 2.75) is 12.6 Å². The molecule has 0 radical (unpaired) electrons. The third-order valence-electron chi connectivity index (χ3n) is 2.84. The quantitative estimate of drug-likeness (QED) is 0.867. The standard InChI is InChI=1S/C13H14F3NO3/c1-17-7-10(18)8-3-4-9(13(14,15)16)12-11(8)19-5-2-6-20-12/h3-4,17H,2,5-7H2,1H3. The molecule has 7 heteroatoms. The first-order chi connectivity index (χ1) is 9.45. The summed E-state index contributed by atoms with van der Waals surface area (Å²) >= 11 is 0. The number of Topliss-reactive ketones (excluding diaryl/α,β-unsaturated/α-hetero) is 1. The summed E-state index contributed by atoms with van der Waals surface area (Å²) in [5.41, 5.74) is -0.820. The van der Waals surface area contributed by atoms with Gasteiger partial charge in [-0.15, -0.1) is 0 Å². The second-order valence-electron chi connectivity index (χ2n) is 4.32. The van der Waals surface area contributed by atoms with Gasteiger partial charge in [0, 0.05) is 6.42 Å². The van der Waals surface area contributed by atoms with Crippen LogP contribution in [0.25, 0.3) is 0 Å². The second kappa shape index (κ2) is 5.70. The summed E-state index contributed by atoms with van der Waals surface area (Å²) in [6.45, 7) is 0.356. The zero-order valence-corrected chi connectivity index (χ0v) is 10.8. The van der Waals surface area contributed by atoms with Crippen molar-refractivity contribution in [1.82, 2.24) is 5.32 Å². The topological polar surface area (TPSA) is 47.6 Å². The summed E-state index contributed by atoms with van der Waals surface area (Å²) in [4.78, 5) is 11.9. The summed E-state index contributed by atoms with van der Waals surface area (Å²) in [5.74, 6) is -0.850. The zero-order valence-electron chi connectivity index (χ0n) is 10.8. The third-order valence-corrected chi connectivity index (χ3v) is 2.84. The minimum absolute atomic E-state index is 0.0150. The highest BCUT2D eigenvalue weighted by atomic mass is 19.4. The molecule has 0 saturated carbocycles. The van der Waals surface area contributed by atoms with Gasteiger partial charge in [-0.2, -0.15) is 13.2 Å². The molecule has 1 aliphatic heterocycles. The number of halogens is 3. The molecule has 1 N–H and O–H groups in total. The summed E-state index contributed by atoms with van der Waals surface area (Å²) in [7, 11) is 1.58. The second-order valence-corrected chi connectivity index (χ2v) is 4.32. The molecule has 1 aliphatic rings. The highest BCUT2D eigenvalue weighted by Gasteiger charge is 2.38. The van der Waals surface area contributed by atoms with Gasteiger partial charge in [0.1, 0.15) is 5.56 Å². The van der Waals surface area contributed by atoms with E-state index in [9.17, 15) is 18.0 Å². The van der Waals surface area contributed by atoms with Crippen molar-refractivity contribution in [2.75, 3.05) is 26.8 Å². The largest absolute Gasteiger partial charge is 0.489 e. The van der Waals surface area contributed by atoms with Crippen LogP contribution >= 0.6 is 0 Å². The van der Waals surface area contributed by atoms with E-state index in [0.29, 0.717) is 6.42 Å². The number of carbonyl (C=O) groups excluding carboxylic acids is 1. The van der Waals surface area contributed by atoms with Gasteiger partial charge in [0.2, 0.25) is 0 Å². The van der Waals surface area contributed by atoms with Crippen LogP contribution in [0.5, 0.6) is 11.5 Å². The Morgan fingerprint density at radius 3 is 2.50 bits per heavy atom. The molecule has 0 bridgehead atoms. The fraction of sp³-hybridized carbons (Fsp3) is 0.462. The molecule has 20 heavy (non-hydrogen) atoms. The SMILES string of the molecule is CNCC(=O)c1ccc(C(F)(F)F)c2c1OCCCO2. The zero-order chi connectivity index (χ0) is 14.8. The van der Waals surface area contributed by atoms with E-state index in [-0.39, 0.29) is 36.9 Å². The number of carbonyl (C=O) groups is 1. The predicted octanol–water partition coefficient (Wildman–Crippen LogP) is 2.27. The van der Waals surface area contributed by atoms with E-state index in [1.165, 1.54) is 0 Å². The highest BCUT2D eigenvalue weighted by Crippen LogP contribution is 2.44. The lowest BCUT2D eigenvalue weighted by Gasteiger charge is -2.17. The molecular formula is C13H14F3NO3. The fourth-order valence-electron chi connectivity index (χ4n) is 1.96. The van der Waals surface area contributed by atoms with Crippen LogP contribution in [0.1, 0.15) is 22.3 Å². The van der Waals surface area contributed by atoms with Gasteiger partial charge in [-0.1, -0.05) is 0 Å². The number of ether oxygens (including phenoxy) is 2. The van der Waals surface area contributed by atoms with Crippen LogP contribution in [0.2, 0.25) is 0 Å². The average molecular weight is 289 g/mol. The first-order valence-corrected chi connectivity index (χ1v) is 6.12. The minimum Gasteiger partial charge on any atom is -0.489 e. The van der Waals surface area contributed by atoms with Gasteiger partial charge < -0.3 is 14.8 Å². The minimum atomic E-state index is -4.55. The van der Waals surface area contributed by atoms with Crippen molar-refractivity contribution in [2.24, 2.45) is 0 Å². The molecular weight excluding hydrogens is 275 g/mol. The maximum Gasteiger partial charge on any atom is 0.420 e. The Morgan fingerprint density at radius 1 is 1.25 bits per heavy atom. The smallest absolute Gasteiger partial charge is 0.420 e. The number of benzene rings is 1. The summed E-state index contributed by atoms with van der Waals surface area (Å²) in [5, 5.41) is 2.67. The van der Waals surface area contributed by atoms with E-state index in [1.54, 1.807) is 7.05 Å². The van der Waals surface area contributed by atoms with E-state index in [2.05, 4.69) is 5.32 Å². The van der Waals surface area contributed by atoms with Crippen LogP contribution < -0.4 is 14.8 Å². The van der Waals surface area contributed by atoms with Gasteiger partial charge in [0.25, 0.3) is 0 Å². The molecule has 0 fully saturated rings. The van der Waals surface area contributed by atoms with Crippen LogP contribution in [0.4, 0.5) is 13.2 Å². The Hall–Kier alpha value is -1.76. The lowest BCUT2D eigenvalue weighted by Crippen LogP contribution is -2.20. The van der Waals surface area contributed by atoms with Gasteiger partial charge in [0.15, 0.2) is 17.3 Å². The Balaban J connectivity index is 2.55. The predicted molar refractivity (Wildman–Crippen MR) is 65.3 cm³/mol. The number of ketones is 1. The van der Waals surface area contributed by atoms with Crippen molar-refractivity contribution in [1.29, 1.82) is 0 Å². The molecule has 0 amide bonds. The maximum atomic E-state index is 13.0. The van der Waals surface area contributed by atoms with E-state index in [4.69, 9.17) is 9.47 Å². The highest BCUT2D eigenvalue weighted by molar-refractivity contribution is 6.01. The molecule has 110 valence electrons. The van der Waals surface area contributed by atoms with Gasteiger partial charge >= 0.3 is 6.18 Å². The number of hydrogen-bond acceptors (Lipinski definition) is 4. The number of likely N-dealkylation sites (N-methyl/N-ethyl adjacent to an activating group) is 1. The number of fused-ring (bicyclic) bond motifs is 1. The fourth-order valence-corrected chi connectivity index (χ4v) is 1.96. The molecule has 1 aromatic rings. The Bertz CT molecular complexity index is 514. The summed E-state index contributed by atoms with van der Waals surface area (Å²) < 4.78 is 49.3. The monoisotopic (exact) mass is 289 g/mol. The molecule has 0 spiro atoms. The van der Waals surface area contributed by atoms with Gasteiger partial charge in [-0.25, -0.2) is 0 Å². The maximum absolute atomic E-state index is 13.0. The molecule has 1 heterocycles. The molecule has 2 rings (SSSR count). The molecule has 0 aromatic heterocycles. The van der Waals surface area contributed by atoms with Crippen LogP contribution in [-0.4, -0.2) is 32.6 Å².